The van der Waals surface area contributed by atoms with Crippen molar-refractivity contribution in [3.05, 3.63) is 35.4 Å². The Labute approximate surface area is 130 Å². The van der Waals surface area contributed by atoms with Crippen LogP contribution in [0.25, 0.3) is 0 Å². The molecule has 1 fully saturated rings. The number of rotatable bonds is 5. The van der Waals surface area contributed by atoms with Crippen molar-refractivity contribution in [2.45, 2.75) is 19.0 Å². The first-order chi connectivity index (χ1) is 10.4. The first kappa shape index (κ1) is 16.5. The standard InChI is InChI=1S/C15H19N3O3S/c1-18(9-13-5-3-2-4-12(13)8-16)10-15(19)17-14-6-7-22(20,21)11-14/h2-5,14H,6-7,9-11H2,1H3,(H,17,19). The van der Waals surface area contributed by atoms with Crippen LogP contribution in [0.2, 0.25) is 0 Å². The first-order valence-electron chi connectivity index (χ1n) is 7.06. The van der Waals surface area contributed by atoms with Gasteiger partial charge in [-0.15, -0.1) is 0 Å². The quantitative estimate of drug-likeness (QED) is 0.842. The second-order valence-corrected chi connectivity index (χ2v) is 7.84. The number of hydrogen-bond acceptors (Lipinski definition) is 5. The Balaban J connectivity index is 1.85. The smallest absolute Gasteiger partial charge is 0.234 e. The van der Waals surface area contributed by atoms with Gasteiger partial charge >= 0.3 is 0 Å². The van der Waals surface area contributed by atoms with Crippen molar-refractivity contribution in [3.8, 4) is 6.07 Å². The molecule has 1 amide bonds. The van der Waals surface area contributed by atoms with E-state index < -0.39 is 9.84 Å². The summed E-state index contributed by atoms with van der Waals surface area (Å²) in [6.45, 7) is 0.649. The fraction of sp³-hybridized carbons (Fsp3) is 0.467. The van der Waals surface area contributed by atoms with Crippen molar-refractivity contribution in [1.29, 1.82) is 5.26 Å². The number of nitrogens with one attached hydrogen (secondary N) is 1. The Morgan fingerprint density at radius 2 is 2.18 bits per heavy atom. The number of nitriles is 1. The molecular formula is C15H19N3O3S. The van der Waals surface area contributed by atoms with E-state index in [0.717, 1.165) is 5.56 Å². The normalized spacial score (nSPS) is 19.8. The molecule has 1 heterocycles. The summed E-state index contributed by atoms with van der Waals surface area (Å²) < 4.78 is 22.7. The van der Waals surface area contributed by atoms with E-state index in [4.69, 9.17) is 5.26 Å². The maximum absolute atomic E-state index is 12.0. The Morgan fingerprint density at radius 3 is 2.82 bits per heavy atom. The zero-order valence-corrected chi connectivity index (χ0v) is 13.3. The summed E-state index contributed by atoms with van der Waals surface area (Å²) in [7, 11) is -1.20. The monoisotopic (exact) mass is 321 g/mol. The minimum atomic E-state index is -2.99. The van der Waals surface area contributed by atoms with Gasteiger partial charge in [0.1, 0.15) is 0 Å². The maximum atomic E-state index is 12.0. The average Bonchev–Trinajstić information content (AvgIpc) is 2.78. The molecule has 1 aliphatic heterocycles. The molecule has 7 heteroatoms. The van der Waals surface area contributed by atoms with E-state index in [0.29, 0.717) is 18.5 Å². The molecule has 6 nitrogen and oxygen atoms in total. The second-order valence-electron chi connectivity index (χ2n) is 5.61. The Morgan fingerprint density at radius 1 is 1.45 bits per heavy atom. The molecule has 1 aromatic carbocycles. The van der Waals surface area contributed by atoms with Gasteiger partial charge in [0, 0.05) is 12.6 Å². The molecule has 1 atom stereocenters. The van der Waals surface area contributed by atoms with E-state index >= 15 is 0 Å². The fourth-order valence-electron chi connectivity index (χ4n) is 2.54. The van der Waals surface area contributed by atoms with Crippen LogP contribution in [-0.4, -0.2) is 50.4 Å². The lowest BCUT2D eigenvalue weighted by Crippen LogP contribution is -2.41. The number of amides is 1. The van der Waals surface area contributed by atoms with Gasteiger partial charge < -0.3 is 5.32 Å². The van der Waals surface area contributed by atoms with Gasteiger partial charge in [-0.05, 0) is 25.1 Å². The maximum Gasteiger partial charge on any atom is 0.234 e. The van der Waals surface area contributed by atoms with Gasteiger partial charge in [0.25, 0.3) is 0 Å². The summed E-state index contributed by atoms with van der Waals surface area (Å²) in [5.74, 6) is -0.0256. The van der Waals surface area contributed by atoms with E-state index in [1.165, 1.54) is 0 Å². The van der Waals surface area contributed by atoms with E-state index in [1.54, 1.807) is 24.1 Å². The van der Waals surface area contributed by atoms with Gasteiger partial charge in [0.2, 0.25) is 5.91 Å². The molecule has 118 valence electrons. The number of sulfone groups is 1. The minimum absolute atomic E-state index is 0.0275. The van der Waals surface area contributed by atoms with Gasteiger partial charge in [-0.2, -0.15) is 5.26 Å². The molecule has 1 aliphatic rings. The highest BCUT2D eigenvalue weighted by atomic mass is 32.2. The minimum Gasteiger partial charge on any atom is -0.351 e. The average molecular weight is 321 g/mol. The lowest BCUT2D eigenvalue weighted by molar-refractivity contribution is -0.122. The molecule has 0 radical (unpaired) electrons. The van der Waals surface area contributed by atoms with Gasteiger partial charge in [0.05, 0.1) is 29.7 Å². The Kier molecular flexibility index (Phi) is 5.16. The molecule has 1 saturated heterocycles. The van der Waals surface area contributed by atoms with Crippen LogP contribution in [0.15, 0.2) is 24.3 Å². The van der Waals surface area contributed by atoms with Gasteiger partial charge in [-0.1, -0.05) is 18.2 Å². The van der Waals surface area contributed by atoms with Crippen molar-refractivity contribution in [1.82, 2.24) is 10.2 Å². The number of carbonyl (C=O) groups is 1. The van der Waals surface area contributed by atoms with Crippen LogP contribution < -0.4 is 5.32 Å². The van der Waals surface area contributed by atoms with Gasteiger partial charge in [-0.25, -0.2) is 8.42 Å². The third-order valence-corrected chi connectivity index (χ3v) is 5.36. The summed E-state index contributed by atoms with van der Waals surface area (Å²) in [5.41, 5.74) is 1.46. The lowest BCUT2D eigenvalue weighted by atomic mass is 10.1. The van der Waals surface area contributed by atoms with Crippen LogP contribution in [0, 0.1) is 11.3 Å². The van der Waals surface area contributed by atoms with Crippen molar-refractivity contribution in [2.24, 2.45) is 0 Å². The van der Waals surface area contributed by atoms with E-state index in [-0.39, 0.29) is 30.0 Å². The van der Waals surface area contributed by atoms with Crippen LogP contribution in [0.4, 0.5) is 0 Å². The predicted molar refractivity (Wildman–Crippen MR) is 82.7 cm³/mol. The van der Waals surface area contributed by atoms with E-state index in [2.05, 4.69) is 11.4 Å². The zero-order valence-electron chi connectivity index (χ0n) is 12.4. The molecule has 1 unspecified atom stereocenters. The van der Waals surface area contributed by atoms with Crippen molar-refractivity contribution < 1.29 is 13.2 Å². The zero-order chi connectivity index (χ0) is 16.2. The van der Waals surface area contributed by atoms with Crippen molar-refractivity contribution in [3.63, 3.8) is 0 Å². The summed E-state index contributed by atoms with van der Waals surface area (Å²) in [4.78, 5) is 13.8. The summed E-state index contributed by atoms with van der Waals surface area (Å²) >= 11 is 0. The number of carbonyl (C=O) groups excluding carboxylic acids is 1. The molecule has 22 heavy (non-hydrogen) atoms. The summed E-state index contributed by atoms with van der Waals surface area (Å²) in [6, 6.07) is 9.10. The second kappa shape index (κ2) is 6.90. The number of nitrogens with zero attached hydrogens (tertiary/aromatic N) is 2. The molecule has 0 saturated carbocycles. The molecule has 2 rings (SSSR count). The number of hydrogen-bond donors (Lipinski definition) is 1. The third kappa shape index (κ3) is 4.55. The Hall–Kier alpha value is -1.91. The van der Waals surface area contributed by atoms with E-state index in [1.807, 2.05) is 12.1 Å². The topological polar surface area (TPSA) is 90.3 Å². The third-order valence-electron chi connectivity index (χ3n) is 3.59. The molecule has 0 aliphatic carbocycles. The van der Waals surface area contributed by atoms with Crippen LogP contribution in [0.1, 0.15) is 17.5 Å². The lowest BCUT2D eigenvalue weighted by Gasteiger charge is -2.18. The molecule has 0 aromatic heterocycles. The van der Waals surface area contributed by atoms with E-state index in [9.17, 15) is 13.2 Å². The highest BCUT2D eigenvalue weighted by Gasteiger charge is 2.28. The van der Waals surface area contributed by atoms with Crippen LogP contribution >= 0.6 is 0 Å². The highest BCUT2D eigenvalue weighted by Crippen LogP contribution is 2.12. The largest absolute Gasteiger partial charge is 0.351 e. The molecule has 0 bridgehead atoms. The van der Waals surface area contributed by atoms with Crippen molar-refractivity contribution in [2.75, 3.05) is 25.1 Å². The number of benzene rings is 1. The van der Waals surface area contributed by atoms with Crippen molar-refractivity contribution >= 4 is 15.7 Å². The van der Waals surface area contributed by atoms with Gasteiger partial charge in [0.15, 0.2) is 9.84 Å². The first-order valence-corrected chi connectivity index (χ1v) is 8.88. The molecular weight excluding hydrogens is 302 g/mol. The summed E-state index contributed by atoms with van der Waals surface area (Å²) in [5, 5.41) is 11.8. The van der Waals surface area contributed by atoms with Crippen LogP contribution in [-0.2, 0) is 21.2 Å². The molecule has 0 spiro atoms. The fourth-order valence-corrected chi connectivity index (χ4v) is 4.21. The number of likely N-dealkylation sites (N-methyl/N-ethyl adjacent to an activating group) is 1. The van der Waals surface area contributed by atoms with Crippen LogP contribution in [0.5, 0.6) is 0 Å². The summed E-state index contributed by atoms with van der Waals surface area (Å²) in [6.07, 6.45) is 0.481. The Bertz CT molecular complexity index is 694. The molecule has 1 N–H and O–H groups in total. The SMILES string of the molecule is CN(CC(=O)NC1CCS(=O)(=O)C1)Cc1ccccc1C#N. The molecule has 1 aromatic rings. The predicted octanol–water partition coefficient (Wildman–Crippen LogP) is 0.293. The van der Waals surface area contributed by atoms with Gasteiger partial charge in [-0.3, -0.25) is 9.69 Å². The van der Waals surface area contributed by atoms with Crippen LogP contribution in [0.3, 0.4) is 0 Å². The highest BCUT2D eigenvalue weighted by molar-refractivity contribution is 7.91.